The van der Waals surface area contributed by atoms with Crippen molar-refractivity contribution in [3.05, 3.63) is 17.5 Å². The van der Waals surface area contributed by atoms with Crippen LogP contribution in [0.15, 0.2) is 6.20 Å². The fourth-order valence-corrected chi connectivity index (χ4v) is 3.56. The van der Waals surface area contributed by atoms with E-state index in [1.165, 1.54) is 0 Å². The number of amides is 1. The second kappa shape index (κ2) is 5.99. The number of carbonyl (C=O) groups excluding carboxylic acids is 1. The molecule has 6 heteroatoms. The van der Waals surface area contributed by atoms with E-state index in [4.69, 9.17) is 9.72 Å². The second-order valence-electron chi connectivity index (χ2n) is 8.51. The second-order valence-corrected chi connectivity index (χ2v) is 8.51. The first-order chi connectivity index (χ1) is 11.2. The molecule has 3 rings (SSSR count). The Morgan fingerprint density at radius 2 is 2.17 bits per heavy atom. The fourth-order valence-electron chi connectivity index (χ4n) is 3.56. The van der Waals surface area contributed by atoms with Gasteiger partial charge in [-0.05, 0) is 11.8 Å². The third-order valence-electron chi connectivity index (χ3n) is 4.78. The van der Waals surface area contributed by atoms with Crippen LogP contribution in [0.4, 0.5) is 5.95 Å². The quantitative estimate of drug-likeness (QED) is 0.829. The Balaban J connectivity index is 1.86. The summed E-state index contributed by atoms with van der Waals surface area (Å²) in [6.45, 7) is 8.97. The van der Waals surface area contributed by atoms with Crippen molar-refractivity contribution in [1.29, 1.82) is 0 Å². The van der Waals surface area contributed by atoms with Crippen LogP contribution in [0.1, 0.15) is 44.9 Å². The first-order valence-electron chi connectivity index (χ1n) is 8.59. The van der Waals surface area contributed by atoms with E-state index in [0.717, 1.165) is 30.2 Å². The van der Waals surface area contributed by atoms with Gasteiger partial charge in [-0.15, -0.1) is 0 Å². The number of aromatic nitrogens is 2. The normalized spacial score (nSPS) is 23.5. The van der Waals surface area contributed by atoms with E-state index < -0.39 is 0 Å². The zero-order chi connectivity index (χ0) is 17.5. The van der Waals surface area contributed by atoms with Crippen molar-refractivity contribution in [1.82, 2.24) is 14.9 Å². The average Bonchev–Trinajstić information content (AvgIpc) is 2.91. The highest BCUT2D eigenvalue weighted by molar-refractivity contribution is 5.77. The van der Waals surface area contributed by atoms with Crippen LogP contribution in [0.25, 0.3) is 0 Å². The number of anilines is 1. The molecule has 2 aliphatic rings. The molecule has 24 heavy (non-hydrogen) atoms. The van der Waals surface area contributed by atoms with Gasteiger partial charge in [-0.3, -0.25) is 4.79 Å². The Morgan fingerprint density at radius 1 is 1.42 bits per heavy atom. The maximum atomic E-state index is 12.6. The molecule has 1 aromatic rings. The molecule has 0 aromatic carbocycles. The third-order valence-corrected chi connectivity index (χ3v) is 4.78. The van der Waals surface area contributed by atoms with Crippen molar-refractivity contribution in [3.8, 4) is 0 Å². The number of fused-ring (bicyclic) bond motifs is 2. The highest BCUT2D eigenvalue weighted by Crippen LogP contribution is 2.40. The lowest BCUT2D eigenvalue weighted by Crippen LogP contribution is -2.42. The maximum Gasteiger partial charge on any atom is 0.225 e. The molecule has 1 saturated heterocycles. The van der Waals surface area contributed by atoms with Gasteiger partial charge in [0.15, 0.2) is 0 Å². The van der Waals surface area contributed by atoms with Gasteiger partial charge in [0.2, 0.25) is 11.9 Å². The molecule has 0 saturated carbocycles. The van der Waals surface area contributed by atoms with Crippen LogP contribution < -0.4 is 4.90 Å². The highest BCUT2D eigenvalue weighted by Gasteiger charge is 2.46. The average molecular weight is 332 g/mol. The first-order valence-corrected chi connectivity index (χ1v) is 8.59. The smallest absolute Gasteiger partial charge is 0.225 e. The summed E-state index contributed by atoms with van der Waals surface area (Å²) < 4.78 is 5.83. The summed E-state index contributed by atoms with van der Waals surface area (Å²) in [6, 6.07) is 0. The molecule has 0 radical (unpaired) electrons. The predicted octanol–water partition coefficient (Wildman–Crippen LogP) is 1.98. The summed E-state index contributed by atoms with van der Waals surface area (Å²) in [5, 5.41) is 0. The van der Waals surface area contributed by atoms with Crippen LogP contribution >= 0.6 is 0 Å². The fraction of sp³-hybridized carbons (Fsp3) is 0.722. The molecule has 3 heterocycles. The molecular weight excluding hydrogens is 304 g/mol. The van der Waals surface area contributed by atoms with E-state index in [9.17, 15) is 4.79 Å². The molecule has 132 valence electrons. The minimum atomic E-state index is -0.186. The van der Waals surface area contributed by atoms with E-state index >= 15 is 0 Å². The van der Waals surface area contributed by atoms with Gasteiger partial charge in [0.05, 0.1) is 24.3 Å². The molecule has 0 N–H and O–H groups in total. The number of hydrogen-bond donors (Lipinski definition) is 0. The number of nitrogens with zero attached hydrogens (tertiary/aromatic N) is 4. The molecule has 0 unspecified atom stereocenters. The number of likely N-dealkylation sites (tertiary alicyclic amines) is 1. The van der Waals surface area contributed by atoms with Crippen molar-refractivity contribution < 1.29 is 9.53 Å². The van der Waals surface area contributed by atoms with Gasteiger partial charge in [-0.1, -0.05) is 20.8 Å². The third kappa shape index (κ3) is 3.24. The van der Waals surface area contributed by atoms with Crippen LogP contribution in [0.3, 0.4) is 0 Å². The van der Waals surface area contributed by atoms with Gasteiger partial charge in [0, 0.05) is 45.4 Å². The molecule has 1 atom stereocenters. The maximum absolute atomic E-state index is 12.6. The van der Waals surface area contributed by atoms with Crippen molar-refractivity contribution >= 4 is 11.9 Å². The standard InChI is InChI=1S/C18H28N4O2/c1-17(2,3)8-14(23)22-7-6-18(11-22)12-24-10-13-9-19-16(21(4)5)20-15(13)18/h9H,6-8,10-12H2,1-5H3/t18-/m0/s1. The molecule has 6 nitrogen and oxygen atoms in total. The molecule has 1 aromatic heterocycles. The zero-order valence-corrected chi connectivity index (χ0v) is 15.4. The van der Waals surface area contributed by atoms with Crippen molar-refractivity contribution in [2.45, 2.75) is 45.6 Å². The van der Waals surface area contributed by atoms with Crippen LogP contribution in [0.5, 0.6) is 0 Å². The minimum absolute atomic E-state index is 0.00801. The summed E-state index contributed by atoms with van der Waals surface area (Å²) in [5.74, 6) is 0.947. The van der Waals surface area contributed by atoms with E-state index in [0.29, 0.717) is 26.2 Å². The summed E-state index contributed by atoms with van der Waals surface area (Å²) in [7, 11) is 3.89. The summed E-state index contributed by atoms with van der Waals surface area (Å²) >= 11 is 0. The van der Waals surface area contributed by atoms with E-state index in [1.807, 2.05) is 30.1 Å². The van der Waals surface area contributed by atoms with Gasteiger partial charge in [0.1, 0.15) is 0 Å². The van der Waals surface area contributed by atoms with Gasteiger partial charge in [-0.25, -0.2) is 9.97 Å². The van der Waals surface area contributed by atoms with Crippen LogP contribution in [-0.2, 0) is 21.6 Å². The molecule has 1 amide bonds. The lowest BCUT2D eigenvalue weighted by molar-refractivity contribution is -0.132. The lowest BCUT2D eigenvalue weighted by Gasteiger charge is -2.35. The lowest BCUT2D eigenvalue weighted by atomic mass is 9.80. The number of ether oxygens (including phenoxy) is 1. The van der Waals surface area contributed by atoms with Crippen molar-refractivity contribution in [2.24, 2.45) is 5.41 Å². The number of hydrogen-bond acceptors (Lipinski definition) is 5. The summed E-state index contributed by atoms with van der Waals surface area (Å²) in [4.78, 5) is 25.7. The largest absolute Gasteiger partial charge is 0.376 e. The van der Waals surface area contributed by atoms with Crippen LogP contribution in [-0.4, -0.2) is 54.6 Å². The van der Waals surface area contributed by atoms with Crippen molar-refractivity contribution in [2.75, 3.05) is 38.7 Å². The monoisotopic (exact) mass is 332 g/mol. The summed E-state index contributed by atoms with van der Waals surface area (Å²) in [6.07, 6.45) is 3.35. The Kier molecular flexibility index (Phi) is 4.28. The molecular formula is C18H28N4O2. The molecule has 0 aliphatic carbocycles. The Morgan fingerprint density at radius 3 is 2.83 bits per heavy atom. The van der Waals surface area contributed by atoms with Gasteiger partial charge >= 0.3 is 0 Å². The topological polar surface area (TPSA) is 58.6 Å². The predicted molar refractivity (Wildman–Crippen MR) is 93.0 cm³/mol. The Labute approximate surface area is 144 Å². The highest BCUT2D eigenvalue weighted by atomic mass is 16.5. The minimum Gasteiger partial charge on any atom is -0.376 e. The molecule has 0 bridgehead atoms. The summed E-state index contributed by atoms with van der Waals surface area (Å²) in [5.41, 5.74) is 1.94. The van der Waals surface area contributed by atoms with Crippen LogP contribution in [0.2, 0.25) is 0 Å². The van der Waals surface area contributed by atoms with E-state index in [2.05, 4.69) is 25.8 Å². The molecule has 1 spiro atoms. The molecule has 1 fully saturated rings. The Bertz CT molecular complexity index is 638. The SMILES string of the molecule is CN(C)c1ncc2c(n1)[C@]1(CCN(C(=O)CC(C)(C)C)C1)COC2. The molecule has 2 aliphatic heterocycles. The van der Waals surface area contributed by atoms with E-state index in [1.54, 1.807) is 0 Å². The van der Waals surface area contributed by atoms with E-state index in [-0.39, 0.29) is 16.7 Å². The van der Waals surface area contributed by atoms with Crippen LogP contribution in [0, 0.1) is 5.41 Å². The first kappa shape index (κ1) is 17.1. The van der Waals surface area contributed by atoms with Gasteiger partial charge in [-0.2, -0.15) is 0 Å². The number of carbonyl (C=O) groups is 1. The zero-order valence-electron chi connectivity index (χ0n) is 15.4. The van der Waals surface area contributed by atoms with Gasteiger partial charge < -0.3 is 14.5 Å². The van der Waals surface area contributed by atoms with Gasteiger partial charge in [0.25, 0.3) is 0 Å². The Hall–Kier alpha value is -1.69. The number of rotatable bonds is 2. The van der Waals surface area contributed by atoms with Crippen molar-refractivity contribution in [3.63, 3.8) is 0 Å².